The van der Waals surface area contributed by atoms with E-state index in [4.69, 9.17) is 4.74 Å². The van der Waals surface area contributed by atoms with E-state index in [-0.39, 0.29) is 18.9 Å². The molecule has 0 radical (unpaired) electrons. The van der Waals surface area contributed by atoms with E-state index in [1.807, 2.05) is 0 Å². The highest BCUT2D eigenvalue weighted by atomic mass is 31.2. The van der Waals surface area contributed by atoms with Crippen LogP contribution < -0.4 is 10.4 Å². The molecule has 47 heavy (non-hydrogen) atoms. The lowest BCUT2D eigenvalue weighted by Crippen LogP contribution is -2.69. The van der Waals surface area contributed by atoms with Crippen LogP contribution >= 0.6 is 39.0 Å². The fourth-order valence-electron chi connectivity index (χ4n) is 4.51. The minimum Gasteiger partial charge on any atom is -0.374 e. The molecule has 1 aliphatic carbocycles. The zero-order valence-electron chi connectivity index (χ0n) is 23.8. The van der Waals surface area contributed by atoms with Gasteiger partial charge in [0.2, 0.25) is 0 Å². The van der Waals surface area contributed by atoms with Crippen molar-refractivity contribution in [3.63, 3.8) is 0 Å². The average Bonchev–Trinajstić information content (AvgIpc) is 2.88. The van der Waals surface area contributed by atoms with Crippen molar-refractivity contribution in [2.75, 3.05) is 13.2 Å². The van der Waals surface area contributed by atoms with Crippen molar-refractivity contribution in [3.8, 4) is 0 Å². The number of amides is 1. The van der Waals surface area contributed by atoms with Crippen LogP contribution in [-0.2, 0) is 45.7 Å². The number of unbranched alkanes of at least 4 members (excludes halogenated alkanes) is 3. The van der Waals surface area contributed by atoms with Gasteiger partial charge in [-0.1, -0.05) is 31.0 Å². The minimum atomic E-state index is -5.88. The van der Waals surface area contributed by atoms with Gasteiger partial charge in [-0.05, 0) is 25.0 Å². The van der Waals surface area contributed by atoms with Crippen LogP contribution in [0.5, 0.6) is 0 Å². The first kappa shape index (κ1) is 42.4. The number of nitrogens with one attached hydrogen (secondary N) is 2. The van der Waals surface area contributed by atoms with Crippen LogP contribution in [0, 0.1) is 0 Å². The Balaban J connectivity index is 2.36. The number of rotatable bonds is 19. The number of phosphoric acid groups is 4. The molecule has 0 bridgehead atoms. The Morgan fingerprint density at radius 3 is 1.49 bits per heavy atom. The average molecular weight is 782 g/mol. The molecule has 0 unspecified atom stereocenters. The first-order chi connectivity index (χ1) is 21.4. The van der Waals surface area contributed by atoms with Crippen LogP contribution in [0.25, 0.3) is 0 Å². The lowest BCUT2D eigenvalue weighted by Gasteiger charge is -2.49. The zero-order chi connectivity index (χ0) is 35.8. The van der Waals surface area contributed by atoms with Gasteiger partial charge in [-0.25, -0.2) is 27.9 Å². The maximum Gasteiger partial charge on any atom is 0.470 e. The van der Waals surface area contributed by atoms with Gasteiger partial charge in [0.05, 0.1) is 6.04 Å². The predicted molar refractivity (Wildman–Crippen MR) is 154 cm³/mol. The van der Waals surface area contributed by atoms with Gasteiger partial charge in [0.25, 0.3) is 5.91 Å². The van der Waals surface area contributed by atoms with Crippen LogP contribution in [0.1, 0.15) is 36.0 Å². The smallest absolute Gasteiger partial charge is 0.374 e. The van der Waals surface area contributed by atoms with Crippen LogP contribution in [0.3, 0.4) is 0 Å². The maximum absolute atomic E-state index is 12.1. The van der Waals surface area contributed by atoms with Gasteiger partial charge in [0.1, 0.15) is 30.5 Å². The number of phosphoric ester groups is 4. The molecule has 2 rings (SSSR count). The van der Waals surface area contributed by atoms with E-state index >= 15 is 0 Å². The minimum absolute atomic E-state index is 0.0742. The van der Waals surface area contributed by atoms with Crippen molar-refractivity contribution in [1.29, 1.82) is 0 Å². The van der Waals surface area contributed by atoms with E-state index in [1.54, 1.807) is 30.3 Å². The predicted octanol–water partition coefficient (Wildman–Crippen LogP) is -0.662. The van der Waals surface area contributed by atoms with Crippen molar-refractivity contribution in [3.05, 3.63) is 35.9 Å². The molecule has 1 amide bonds. The summed E-state index contributed by atoms with van der Waals surface area (Å²) in [6.07, 6.45) is -11.9. The fraction of sp³-hybridized carbons (Fsp3) is 0.632. The molecule has 0 saturated heterocycles. The first-order valence-corrected chi connectivity index (χ1v) is 20.8. The lowest BCUT2D eigenvalue weighted by atomic mass is 9.83. The Kier molecular flexibility index (Phi) is 15.7. The van der Waals surface area contributed by atoms with Crippen molar-refractivity contribution in [1.82, 2.24) is 10.4 Å². The molecule has 28 heteroatoms. The summed E-state index contributed by atoms with van der Waals surface area (Å²) in [4.78, 5) is 107. The van der Waals surface area contributed by atoms with E-state index < -0.39 is 82.2 Å². The summed E-state index contributed by atoms with van der Waals surface area (Å²) in [5.41, 5.74) is 0.439. The third-order valence-electron chi connectivity index (χ3n) is 6.06. The Morgan fingerprint density at radius 2 is 1.02 bits per heavy atom. The Labute approximate surface area is 266 Å². The van der Waals surface area contributed by atoms with Crippen LogP contribution in [0.15, 0.2) is 30.3 Å². The molecule has 1 aromatic rings. The van der Waals surface area contributed by atoms with Crippen LogP contribution in [-0.4, -0.2) is 105 Å². The summed E-state index contributed by atoms with van der Waals surface area (Å²) >= 11 is 0. The normalized spacial score (nSPS) is 24.6. The third kappa shape index (κ3) is 16.6. The quantitative estimate of drug-likeness (QED) is 0.0612. The van der Waals surface area contributed by atoms with Crippen molar-refractivity contribution in [2.24, 2.45) is 0 Å². The maximum atomic E-state index is 12.1. The molecular weight excluding hydrogens is 747 g/mol. The van der Waals surface area contributed by atoms with E-state index in [2.05, 4.69) is 23.4 Å². The highest BCUT2D eigenvalue weighted by Gasteiger charge is 2.60. The number of carbonyl (C=O) groups excluding carboxylic acids is 1. The van der Waals surface area contributed by atoms with E-state index in [1.165, 1.54) is 5.09 Å². The molecule has 0 spiro atoms. The fourth-order valence-corrected chi connectivity index (χ4v) is 7.43. The van der Waals surface area contributed by atoms with Crippen LogP contribution in [0.4, 0.5) is 0 Å². The summed E-state index contributed by atoms with van der Waals surface area (Å²) < 4.78 is 82.6. The summed E-state index contributed by atoms with van der Waals surface area (Å²) in [6, 6.07) is 5.90. The van der Waals surface area contributed by atoms with Crippen molar-refractivity contribution < 1.29 is 99.4 Å². The van der Waals surface area contributed by atoms with Crippen molar-refractivity contribution >= 4 is 44.9 Å². The largest absolute Gasteiger partial charge is 0.470 e. The van der Waals surface area contributed by atoms with Gasteiger partial charge in [-0.15, -0.1) is 0 Å². The van der Waals surface area contributed by atoms with E-state index in [9.17, 15) is 76.6 Å². The van der Waals surface area contributed by atoms with Gasteiger partial charge in [-0.3, -0.25) is 22.9 Å². The second kappa shape index (κ2) is 17.4. The topological polar surface area (TPSA) is 375 Å². The number of ether oxygens (including phenoxy) is 1. The molecule has 1 saturated carbocycles. The SMILES string of the molecule is O=C(NCCCCCCO[C@@H]1[C@@H](NP(=O)(O)O)[C@H](OP(=O)(O)O)[C@H](OP(=O)(O)O)[C@H](OP(=O)(O)O)[C@H]1OP(=O)(O)O)c1ccccc1. The van der Waals surface area contributed by atoms with Gasteiger partial charge in [-0.2, -0.15) is 0 Å². The Hall–Kier alpha value is -0.800. The van der Waals surface area contributed by atoms with Crippen LogP contribution in [0.2, 0.25) is 0 Å². The number of benzene rings is 1. The van der Waals surface area contributed by atoms with E-state index in [0.29, 0.717) is 24.8 Å². The van der Waals surface area contributed by atoms with Gasteiger partial charge in [0, 0.05) is 18.7 Å². The van der Waals surface area contributed by atoms with Gasteiger partial charge >= 0.3 is 39.0 Å². The first-order valence-electron chi connectivity index (χ1n) is 13.1. The number of carbonyl (C=O) groups is 1. The summed E-state index contributed by atoms with van der Waals surface area (Å²) in [7, 11) is -28.9. The van der Waals surface area contributed by atoms with Gasteiger partial charge < -0.3 is 59.0 Å². The molecule has 23 nitrogen and oxygen atoms in total. The number of hydrogen-bond donors (Lipinski definition) is 12. The second-order valence-electron chi connectivity index (χ2n) is 9.81. The third-order valence-corrected chi connectivity index (χ3v) is 8.77. The monoisotopic (exact) mass is 782 g/mol. The van der Waals surface area contributed by atoms with Gasteiger partial charge in [0.15, 0.2) is 0 Å². The Bertz CT molecular complexity index is 1340. The highest BCUT2D eigenvalue weighted by Crippen LogP contribution is 2.54. The summed E-state index contributed by atoms with van der Waals surface area (Å²) in [5.74, 6) is -0.314. The molecule has 0 aromatic heterocycles. The number of hydrogen-bond acceptors (Lipinski definition) is 11. The molecule has 6 atom stereocenters. The highest BCUT2D eigenvalue weighted by molar-refractivity contribution is 7.49. The molecule has 0 aliphatic heterocycles. The molecule has 0 heterocycles. The Morgan fingerprint density at radius 1 is 0.596 bits per heavy atom. The lowest BCUT2D eigenvalue weighted by molar-refractivity contribution is -0.187. The van der Waals surface area contributed by atoms with E-state index in [0.717, 1.165) is 0 Å². The molecule has 1 aliphatic rings. The summed E-state index contributed by atoms with van der Waals surface area (Å²) in [5, 5.41) is 4.20. The molecule has 1 fully saturated rings. The summed E-state index contributed by atoms with van der Waals surface area (Å²) in [6.45, 7) is -0.204. The molecule has 272 valence electrons. The van der Waals surface area contributed by atoms with Crippen molar-refractivity contribution in [2.45, 2.75) is 62.2 Å². The molecule has 12 N–H and O–H groups in total. The second-order valence-corrected chi connectivity index (χ2v) is 15.9. The standard InChI is InChI=1S/C19H35N2O21P5/c22-19(12-8-4-3-5-9-12)20-10-6-1-2-7-11-38-14-13(21-43(23,24)25)15(39-44(26,27)28)17(41-46(32,33)34)18(42-47(35,36)37)16(14)40-45(29,30)31/h3-5,8-9,13-18H,1-2,6-7,10-11H2,(H,20,22)(H2,26,27,28)(H2,29,30,31)(H2,32,33,34)(H2,35,36,37)(H3,21,23,24,25)/t13-,14-,15+,16+,17+,18-/m1/s1. The zero-order valence-corrected chi connectivity index (χ0v) is 28.3. The molecule has 1 aromatic carbocycles. The molecular formula is C19H35N2O21P5.